The summed E-state index contributed by atoms with van der Waals surface area (Å²) in [4.78, 5) is 27.7. The molecule has 2 heterocycles. The van der Waals surface area contributed by atoms with Crippen molar-refractivity contribution in [1.29, 1.82) is 0 Å². The molecule has 1 fully saturated rings. The molecule has 0 bridgehead atoms. The molecule has 0 spiro atoms. The topological polar surface area (TPSA) is 79.8 Å². The van der Waals surface area contributed by atoms with Crippen LogP contribution in [-0.2, 0) is 6.54 Å². The molecule has 0 atom stereocenters. The van der Waals surface area contributed by atoms with Gasteiger partial charge in [-0.1, -0.05) is 42.6 Å². The molecule has 2 aromatic heterocycles. The number of carbonyl (C=O) groups excluding carboxylic acids is 1. The number of fused-ring (bicyclic) bond motifs is 1. The molecule has 0 radical (unpaired) electrons. The number of nitrogens with one attached hydrogen (secondary N) is 2. The minimum Gasteiger partial charge on any atom is -0.346 e. The summed E-state index contributed by atoms with van der Waals surface area (Å²) in [6.45, 7) is 0.130. The monoisotopic (exact) mass is 370 g/mol. The largest absolute Gasteiger partial charge is 0.346 e. The fraction of sp³-hybridized carbons (Fsp3) is 0.316. The maximum absolute atomic E-state index is 12.7. The van der Waals surface area contributed by atoms with Crippen LogP contribution in [0.25, 0.3) is 10.9 Å². The first kappa shape index (κ1) is 16.8. The molecular weight excluding hydrogens is 352 g/mol. The van der Waals surface area contributed by atoms with E-state index in [0.29, 0.717) is 16.3 Å². The summed E-state index contributed by atoms with van der Waals surface area (Å²) in [6.07, 6.45) is 5.79. The molecule has 2 N–H and O–H groups in total. The van der Waals surface area contributed by atoms with E-state index in [4.69, 9.17) is 11.6 Å². The average Bonchev–Trinajstić information content (AvgIpc) is 3.29. The van der Waals surface area contributed by atoms with Crippen molar-refractivity contribution in [3.05, 3.63) is 63.2 Å². The molecule has 1 aliphatic carbocycles. The van der Waals surface area contributed by atoms with Gasteiger partial charge in [-0.05, 0) is 30.4 Å². The molecule has 1 aromatic carbocycles. The van der Waals surface area contributed by atoms with Crippen LogP contribution >= 0.6 is 11.6 Å². The number of nitrogens with zero attached hydrogens (tertiary/aromatic N) is 2. The second-order valence-corrected chi connectivity index (χ2v) is 7.02. The van der Waals surface area contributed by atoms with E-state index in [9.17, 15) is 9.59 Å². The molecule has 3 aromatic rings. The Hall–Kier alpha value is -2.60. The highest BCUT2D eigenvalue weighted by Crippen LogP contribution is 2.31. The summed E-state index contributed by atoms with van der Waals surface area (Å²) in [6, 6.07) is 9.55. The Morgan fingerprint density at radius 2 is 2.08 bits per heavy atom. The minimum atomic E-state index is -0.313. The molecule has 1 saturated carbocycles. The van der Waals surface area contributed by atoms with Crippen molar-refractivity contribution in [2.24, 2.45) is 0 Å². The summed E-state index contributed by atoms with van der Waals surface area (Å²) < 4.78 is 1.73. The van der Waals surface area contributed by atoms with E-state index < -0.39 is 0 Å². The first-order valence-electron chi connectivity index (χ1n) is 8.75. The molecule has 0 unspecified atom stereocenters. The number of para-hydroxylation sites is 1. The Balaban J connectivity index is 1.55. The van der Waals surface area contributed by atoms with E-state index in [1.54, 1.807) is 10.7 Å². The summed E-state index contributed by atoms with van der Waals surface area (Å²) in [5.41, 5.74) is 1.44. The SMILES string of the molecule is O=C(NCc1cc2ccccc2[nH]c1=O)c1c(Cl)cnn1C1CCCC1. The third-order valence-electron chi connectivity index (χ3n) is 4.91. The quantitative estimate of drug-likeness (QED) is 0.738. The lowest BCUT2D eigenvalue weighted by molar-refractivity contribution is 0.0937. The van der Waals surface area contributed by atoms with E-state index in [-0.39, 0.29) is 24.1 Å². The number of aromatic amines is 1. The number of benzene rings is 1. The van der Waals surface area contributed by atoms with Gasteiger partial charge in [-0.2, -0.15) is 5.10 Å². The molecule has 1 amide bonds. The Bertz CT molecular complexity index is 1020. The number of amides is 1. The van der Waals surface area contributed by atoms with E-state index in [0.717, 1.165) is 36.6 Å². The Kier molecular flexibility index (Phi) is 4.51. The number of rotatable bonds is 4. The lowest BCUT2D eigenvalue weighted by Crippen LogP contribution is -2.29. The zero-order chi connectivity index (χ0) is 18.1. The zero-order valence-corrected chi connectivity index (χ0v) is 14.9. The van der Waals surface area contributed by atoms with Gasteiger partial charge in [0.2, 0.25) is 0 Å². The fourth-order valence-electron chi connectivity index (χ4n) is 3.56. The van der Waals surface area contributed by atoms with Crippen molar-refractivity contribution in [2.45, 2.75) is 38.3 Å². The summed E-state index contributed by atoms with van der Waals surface area (Å²) in [5.74, 6) is -0.313. The highest BCUT2D eigenvalue weighted by molar-refractivity contribution is 6.33. The van der Waals surface area contributed by atoms with Crippen molar-refractivity contribution in [3.63, 3.8) is 0 Å². The lowest BCUT2D eigenvalue weighted by atomic mass is 10.1. The number of hydrogen-bond donors (Lipinski definition) is 2. The second-order valence-electron chi connectivity index (χ2n) is 6.62. The third kappa shape index (κ3) is 3.12. The minimum absolute atomic E-state index is 0.130. The van der Waals surface area contributed by atoms with Crippen LogP contribution in [-0.4, -0.2) is 20.7 Å². The molecule has 134 valence electrons. The average molecular weight is 371 g/mol. The number of pyridine rings is 1. The van der Waals surface area contributed by atoms with Gasteiger partial charge in [-0.15, -0.1) is 0 Å². The first-order chi connectivity index (χ1) is 12.6. The van der Waals surface area contributed by atoms with E-state index >= 15 is 0 Å². The van der Waals surface area contributed by atoms with Crippen molar-refractivity contribution < 1.29 is 4.79 Å². The maximum Gasteiger partial charge on any atom is 0.271 e. The molecule has 4 rings (SSSR count). The molecule has 1 aliphatic rings. The van der Waals surface area contributed by atoms with E-state index in [1.165, 1.54) is 6.20 Å². The van der Waals surface area contributed by atoms with Gasteiger partial charge in [0.15, 0.2) is 0 Å². The van der Waals surface area contributed by atoms with Crippen LogP contribution in [0.4, 0.5) is 0 Å². The zero-order valence-electron chi connectivity index (χ0n) is 14.2. The Morgan fingerprint density at radius 3 is 2.88 bits per heavy atom. The van der Waals surface area contributed by atoms with E-state index in [1.807, 2.05) is 24.3 Å². The number of carbonyl (C=O) groups is 1. The third-order valence-corrected chi connectivity index (χ3v) is 5.18. The van der Waals surface area contributed by atoms with Gasteiger partial charge in [0.05, 0.1) is 17.3 Å². The highest BCUT2D eigenvalue weighted by atomic mass is 35.5. The fourth-order valence-corrected chi connectivity index (χ4v) is 3.78. The smallest absolute Gasteiger partial charge is 0.271 e. The van der Waals surface area contributed by atoms with Crippen LogP contribution in [0.3, 0.4) is 0 Å². The lowest BCUT2D eigenvalue weighted by Gasteiger charge is -2.14. The molecule has 6 nitrogen and oxygen atoms in total. The van der Waals surface area contributed by atoms with Gasteiger partial charge in [0.25, 0.3) is 11.5 Å². The predicted octanol–water partition coefficient (Wildman–Crippen LogP) is 3.42. The van der Waals surface area contributed by atoms with Gasteiger partial charge in [-0.25, -0.2) is 0 Å². The number of halogens is 1. The first-order valence-corrected chi connectivity index (χ1v) is 9.13. The van der Waals surface area contributed by atoms with E-state index in [2.05, 4.69) is 15.4 Å². The predicted molar refractivity (Wildman–Crippen MR) is 100 cm³/mol. The molecular formula is C19H19ClN4O2. The normalized spacial score (nSPS) is 14.8. The number of hydrogen-bond acceptors (Lipinski definition) is 3. The van der Waals surface area contributed by atoms with Crippen molar-refractivity contribution in [1.82, 2.24) is 20.1 Å². The van der Waals surface area contributed by atoms with Crippen molar-refractivity contribution in [3.8, 4) is 0 Å². The second kappa shape index (κ2) is 6.96. The van der Waals surface area contributed by atoms with Crippen LogP contribution in [0.15, 0.2) is 41.3 Å². The molecule has 0 saturated heterocycles. The molecule has 0 aliphatic heterocycles. The van der Waals surface area contributed by atoms with Gasteiger partial charge in [0.1, 0.15) is 5.69 Å². The van der Waals surface area contributed by atoms with Crippen molar-refractivity contribution >= 4 is 28.4 Å². The van der Waals surface area contributed by atoms with Crippen LogP contribution in [0, 0.1) is 0 Å². The van der Waals surface area contributed by atoms with Gasteiger partial charge in [-0.3, -0.25) is 14.3 Å². The summed E-state index contributed by atoms with van der Waals surface area (Å²) in [5, 5.41) is 8.35. The Labute approximate surface area is 155 Å². The van der Waals surface area contributed by atoms with Gasteiger partial charge < -0.3 is 10.3 Å². The van der Waals surface area contributed by atoms with Crippen LogP contribution in [0.1, 0.15) is 47.8 Å². The van der Waals surface area contributed by atoms with Crippen LogP contribution in [0.2, 0.25) is 5.02 Å². The van der Waals surface area contributed by atoms with Gasteiger partial charge in [0, 0.05) is 17.6 Å². The number of H-pyrrole nitrogens is 1. The maximum atomic E-state index is 12.7. The number of aromatic nitrogens is 3. The van der Waals surface area contributed by atoms with Crippen LogP contribution in [0.5, 0.6) is 0 Å². The van der Waals surface area contributed by atoms with Crippen molar-refractivity contribution in [2.75, 3.05) is 0 Å². The molecule has 26 heavy (non-hydrogen) atoms. The summed E-state index contributed by atoms with van der Waals surface area (Å²) >= 11 is 6.20. The van der Waals surface area contributed by atoms with Crippen LogP contribution < -0.4 is 10.9 Å². The highest BCUT2D eigenvalue weighted by Gasteiger charge is 2.25. The standard InChI is InChI=1S/C19H19ClN4O2/c20-15-11-22-24(14-6-2-3-7-14)17(15)19(26)21-10-13-9-12-5-1-4-8-16(12)23-18(13)25/h1,4-5,8-9,11,14H,2-3,6-7,10H2,(H,21,26)(H,23,25). The summed E-state index contributed by atoms with van der Waals surface area (Å²) in [7, 11) is 0. The Morgan fingerprint density at radius 1 is 1.31 bits per heavy atom. The molecule has 7 heteroatoms. The van der Waals surface area contributed by atoms with Gasteiger partial charge >= 0.3 is 0 Å².